The number of phenols is 1. The molecule has 2 aromatic heterocycles. The first-order valence-electron chi connectivity index (χ1n) is 18.4. The number of aromatic hydroxyl groups is 1. The van der Waals surface area contributed by atoms with Crippen LogP contribution >= 0.6 is 22.9 Å². The summed E-state index contributed by atoms with van der Waals surface area (Å²) in [6.07, 6.45) is 7.62. The average Bonchev–Trinajstić information content (AvgIpc) is 3.80. The summed E-state index contributed by atoms with van der Waals surface area (Å²) in [5, 5.41) is 17.0. The van der Waals surface area contributed by atoms with Crippen LogP contribution in [0.3, 0.4) is 0 Å². The molecule has 4 aromatic rings. The number of imide groups is 2. The van der Waals surface area contributed by atoms with Crippen LogP contribution in [0.15, 0.2) is 54.1 Å². The number of hydrogen-bond acceptors (Lipinski definition) is 7. The lowest BCUT2D eigenvalue weighted by atomic mass is 9.51. The fraction of sp³-hybridized carbons (Fsp3) is 0.439. The Labute approximate surface area is 311 Å². The summed E-state index contributed by atoms with van der Waals surface area (Å²) in [5.41, 5.74) is 2.93. The number of aromatic nitrogens is 2. The smallest absolute Gasteiger partial charge is 0.242 e. The molecule has 11 heteroatoms. The number of anilines is 1. The number of carbonyl (C=O) groups excluding carboxylic acids is 4. The highest BCUT2D eigenvalue weighted by atomic mass is 35.5. The first-order valence-corrected chi connectivity index (χ1v) is 19.6. The number of carbonyl (C=O) groups is 4. The fourth-order valence-electron chi connectivity index (χ4n) is 10.4. The zero-order valence-electron chi connectivity index (χ0n) is 29.7. The molecule has 0 spiro atoms. The van der Waals surface area contributed by atoms with Gasteiger partial charge in [-0.3, -0.25) is 28.8 Å². The molecule has 5 aliphatic rings. The number of fused-ring (bicyclic) bond motifs is 5. The summed E-state index contributed by atoms with van der Waals surface area (Å²) in [4.78, 5) is 62.1. The molecule has 4 heterocycles. The molecule has 3 aliphatic carbocycles. The van der Waals surface area contributed by atoms with Gasteiger partial charge in [0.25, 0.3) is 0 Å². The van der Waals surface area contributed by atoms with E-state index in [2.05, 4.69) is 6.08 Å². The Morgan fingerprint density at radius 3 is 2.46 bits per heavy atom. The number of hydrogen-bond donors (Lipinski definition) is 1. The third kappa shape index (κ3) is 4.62. The van der Waals surface area contributed by atoms with E-state index in [1.54, 1.807) is 34.0 Å². The van der Waals surface area contributed by atoms with Gasteiger partial charge in [0, 0.05) is 34.8 Å². The fourth-order valence-corrected chi connectivity index (χ4v) is 11.7. The predicted molar refractivity (Wildman–Crippen MR) is 200 cm³/mol. The number of aryl methyl sites for hydroxylation is 3. The van der Waals surface area contributed by atoms with Crippen molar-refractivity contribution in [2.45, 2.75) is 77.7 Å². The number of phenolic OH excluding ortho intramolecular Hbond substituents is 1. The SMILES string of the molecule is Cc1cc([C@H]2C3=CC[C@@H]4C(=O)N(C5CCCCC5)C(=O)[C@@H]4[C@@H]3C[C@H]3C(=O)N(c4cc(-c5sc6ccc(Cl)cc6c5C)nn4C)C(=O)[C@@]23C)ccc1O. The Bertz CT molecular complexity index is 2270. The van der Waals surface area contributed by atoms with E-state index in [1.165, 1.54) is 4.90 Å². The molecule has 2 aromatic carbocycles. The molecule has 9 nitrogen and oxygen atoms in total. The monoisotopic (exact) mass is 736 g/mol. The van der Waals surface area contributed by atoms with Crippen LogP contribution in [0.4, 0.5) is 5.82 Å². The van der Waals surface area contributed by atoms with Gasteiger partial charge in [-0.25, -0.2) is 4.90 Å². The van der Waals surface area contributed by atoms with Crippen molar-refractivity contribution in [2.24, 2.45) is 36.1 Å². The standard InChI is InChI=1S/C41H41ClN4O5S/c1-20-16-22(10-14-31(20)47)35-25-12-13-26-34(39(50)45(37(26)48)24-8-6-5-7-9-24)28(25)18-29-38(49)46(40(51)41(29,35)3)33-19-30(43-44(33)4)36-21(2)27-17-23(42)11-15-32(27)52-36/h10-12,14-17,19,24,26,28-29,34-35,47H,5-9,13,18H2,1-4H3/t26-,28+,29-,34-,35-,41+/m0/s1. The Balaban J connectivity index is 1.14. The normalized spacial score (nSPS) is 29.2. The first kappa shape index (κ1) is 33.5. The molecular formula is C41H41ClN4O5S. The lowest BCUT2D eigenvalue weighted by molar-refractivity contribution is -0.144. The minimum Gasteiger partial charge on any atom is -0.508 e. The van der Waals surface area contributed by atoms with Gasteiger partial charge in [-0.1, -0.05) is 54.6 Å². The zero-order chi connectivity index (χ0) is 36.4. The Hall–Kier alpha value is -4.28. The van der Waals surface area contributed by atoms with Crippen molar-refractivity contribution in [2.75, 3.05) is 4.90 Å². The number of thiophene rings is 1. The number of rotatable bonds is 4. The van der Waals surface area contributed by atoms with Gasteiger partial charge >= 0.3 is 0 Å². The van der Waals surface area contributed by atoms with Crippen LogP contribution in [0, 0.1) is 42.9 Å². The molecule has 2 aliphatic heterocycles. The van der Waals surface area contributed by atoms with Gasteiger partial charge in [0.1, 0.15) is 17.3 Å². The minimum atomic E-state index is -1.18. The van der Waals surface area contributed by atoms with E-state index in [4.69, 9.17) is 16.7 Å². The first-order chi connectivity index (χ1) is 24.9. The number of allylic oxidation sites excluding steroid dienone is 2. The maximum Gasteiger partial charge on any atom is 0.242 e. The van der Waals surface area contributed by atoms with Crippen LogP contribution in [0.5, 0.6) is 5.75 Å². The summed E-state index contributed by atoms with van der Waals surface area (Å²) in [6.45, 7) is 5.74. The van der Waals surface area contributed by atoms with Gasteiger partial charge in [-0.05, 0) is 98.7 Å². The van der Waals surface area contributed by atoms with Crippen molar-refractivity contribution in [3.8, 4) is 16.3 Å². The van der Waals surface area contributed by atoms with Gasteiger partial charge in [0.05, 0.1) is 28.0 Å². The van der Waals surface area contributed by atoms with Gasteiger partial charge in [0.15, 0.2) is 0 Å². The summed E-state index contributed by atoms with van der Waals surface area (Å²) in [6, 6.07) is 12.9. The maximum absolute atomic E-state index is 15.1. The quantitative estimate of drug-likeness (QED) is 0.169. The molecule has 0 bridgehead atoms. The van der Waals surface area contributed by atoms with Crippen LogP contribution < -0.4 is 4.90 Å². The van der Waals surface area contributed by atoms with Crippen molar-refractivity contribution in [3.63, 3.8) is 0 Å². The summed E-state index contributed by atoms with van der Waals surface area (Å²) < 4.78 is 2.67. The van der Waals surface area contributed by atoms with Crippen molar-refractivity contribution in [1.82, 2.24) is 14.7 Å². The summed E-state index contributed by atoms with van der Waals surface area (Å²) >= 11 is 7.91. The lowest BCUT2D eigenvalue weighted by Crippen LogP contribution is -2.49. The molecule has 268 valence electrons. The largest absolute Gasteiger partial charge is 0.508 e. The van der Waals surface area contributed by atoms with Gasteiger partial charge in [0.2, 0.25) is 23.6 Å². The number of nitrogens with zero attached hydrogens (tertiary/aromatic N) is 4. The molecule has 9 rings (SSSR count). The van der Waals surface area contributed by atoms with Crippen molar-refractivity contribution < 1.29 is 24.3 Å². The maximum atomic E-state index is 15.1. The Kier molecular flexibility index (Phi) is 7.66. The van der Waals surface area contributed by atoms with E-state index in [9.17, 15) is 19.5 Å². The van der Waals surface area contributed by atoms with Crippen molar-refractivity contribution in [3.05, 3.63) is 75.8 Å². The molecule has 52 heavy (non-hydrogen) atoms. The molecule has 2 saturated carbocycles. The Morgan fingerprint density at radius 1 is 0.942 bits per heavy atom. The van der Waals surface area contributed by atoms with Crippen LogP contribution in [-0.4, -0.2) is 49.5 Å². The number of benzene rings is 2. The topological polar surface area (TPSA) is 113 Å². The molecule has 0 unspecified atom stereocenters. The van der Waals surface area contributed by atoms with Crippen molar-refractivity contribution in [1.29, 1.82) is 0 Å². The van der Waals surface area contributed by atoms with E-state index in [0.717, 1.165) is 63.8 Å². The summed E-state index contributed by atoms with van der Waals surface area (Å²) in [5.74, 6) is -2.96. The molecule has 1 N–H and O–H groups in total. The molecule has 2 saturated heterocycles. The molecule has 6 atom stereocenters. The van der Waals surface area contributed by atoms with Gasteiger partial charge < -0.3 is 5.11 Å². The second-order valence-corrected chi connectivity index (χ2v) is 17.2. The van der Waals surface area contributed by atoms with E-state index in [-0.39, 0.29) is 41.3 Å². The van der Waals surface area contributed by atoms with E-state index >= 15 is 4.79 Å². The average molecular weight is 737 g/mol. The molecule has 0 radical (unpaired) electrons. The van der Waals surface area contributed by atoms with Crippen LogP contribution in [0.2, 0.25) is 5.02 Å². The van der Waals surface area contributed by atoms with Gasteiger partial charge in [-0.2, -0.15) is 5.10 Å². The third-order valence-electron chi connectivity index (χ3n) is 13.0. The lowest BCUT2D eigenvalue weighted by Gasteiger charge is -2.49. The number of likely N-dealkylation sites (tertiary alicyclic amines) is 1. The highest BCUT2D eigenvalue weighted by Crippen LogP contribution is 2.64. The molecular weight excluding hydrogens is 696 g/mol. The molecule has 4 amide bonds. The van der Waals surface area contributed by atoms with Crippen LogP contribution in [-0.2, 0) is 26.2 Å². The highest BCUT2D eigenvalue weighted by Gasteiger charge is 2.68. The zero-order valence-corrected chi connectivity index (χ0v) is 31.3. The second-order valence-electron chi connectivity index (χ2n) is 15.8. The van der Waals surface area contributed by atoms with Crippen LogP contribution in [0.25, 0.3) is 20.7 Å². The van der Waals surface area contributed by atoms with E-state index in [0.29, 0.717) is 34.9 Å². The van der Waals surface area contributed by atoms with Crippen molar-refractivity contribution >= 4 is 62.5 Å². The predicted octanol–water partition coefficient (Wildman–Crippen LogP) is 7.84. The van der Waals surface area contributed by atoms with E-state index < -0.39 is 29.1 Å². The second kappa shape index (κ2) is 11.9. The minimum absolute atomic E-state index is 0.0713. The number of halogens is 1. The summed E-state index contributed by atoms with van der Waals surface area (Å²) in [7, 11) is 1.75. The number of amides is 4. The Morgan fingerprint density at radius 2 is 1.71 bits per heavy atom. The highest BCUT2D eigenvalue weighted by molar-refractivity contribution is 7.22. The van der Waals surface area contributed by atoms with E-state index in [1.807, 2.05) is 57.2 Å². The van der Waals surface area contributed by atoms with Crippen LogP contribution in [0.1, 0.15) is 74.5 Å². The molecule has 4 fully saturated rings. The van der Waals surface area contributed by atoms with Gasteiger partial charge in [-0.15, -0.1) is 11.3 Å². The third-order valence-corrected chi connectivity index (χ3v) is 14.5.